The summed E-state index contributed by atoms with van der Waals surface area (Å²) in [6.07, 6.45) is 4.62. The number of esters is 1. The summed E-state index contributed by atoms with van der Waals surface area (Å²) >= 11 is 0. The van der Waals surface area contributed by atoms with Crippen molar-refractivity contribution in [1.82, 2.24) is 4.90 Å². The number of carbonyl (C=O) groups is 1. The molecule has 0 aromatic carbocycles. The van der Waals surface area contributed by atoms with Crippen LogP contribution in [0.1, 0.15) is 32.6 Å². The third-order valence-corrected chi connectivity index (χ3v) is 3.43. The van der Waals surface area contributed by atoms with Crippen LogP contribution in [0.5, 0.6) is 0 Å². The molecule has 0 aromatic rings. The van der Waals surface area contributed by atoms with Crippen molar-refractivity contribution < 1.29 is 9.53 Å². The van der Waals surface area contributed by atoms with Crippen LogP contribution in [-0.4, -0.2) is 36.6 Å². The standard InChI is InChI=1S/C11H19NO2/c1-2-14-11(13)9-5-3-7-12-8-4-6-10(9)12/h9-10H,2-8H2,1H3/t9-,10-/m1/s1. The van der Waals surface area contributed by atoms with Gasteiger partial charge in [-0.2, -0.15) is 0 Å². The van der Waals surface area contributed by atoms with Gasteiger partial charge in [0.25, 0.3) is 0 Å². The highest BCUT2D eigenvalue weighted by Gasteiger charge is 2.39. The lowest BCUT2D eigenvalue weighted by molar-refractivity contribution is -0.151. The molecule has 0 spiro atoms. The molecule has 0 amide bonds. The third-order valence-electron chi connectivity index (χ3n) is 3.43. The third kappa shape index (κ3) is 1.78. The Morgan fingerprint density at radius 2 is 2.07 bits per heavy atom. The number of nitrogens with zero attached hydrogens (tertiary/aromatic N) is 1. The number of hydrogen-bond acceptors (Lipinski definition) is 3. The molecule has 2 saturated heterocycles. The van der Waals surface area contributed by atoms with Gasteiger partial charge in [-0.3, -0.25) is 9.69 Å². The Morgan fingerprint density at radius 1 is 1.36 bits per heavy atom. The van der Waals surface area contributed by atoms with Gasteiger partial charge in [0, 0.05) is 6.04 Å². The summed E-state index contributed by atoms with van der Waals surface area (Å²) in [7, 11) is 0. The number of rotatable bonds is 2. The van der Waals surface area contributed by atoms with Gasteiger partial charge in [0.05, 0.1) is 12.5 Å². The minimum absolute atomic E-state index is 0.0316. The highest BCUT2D eigenvalue weighted by molar-refractivity contribution is 5.73. The van der Waals surface area contributed by atoms with Crippen LogP contribution in [0.2, 0.25) is 0 Å². The summed E-state index contributed by atoms with van der Waals surface area (Å²) in [5.74, 6) is 0.190. The molecule has 0 bridgehead atoms. The van der Waals surface area contributed by atoms with Gasteiger partial charge in [0.1, 0.15) is 0 Å². The van der Waals surface area contributed by atoms with Crippen molar-refractivity contribution in [3.8, 4) is 0 Å². The topological polar surface area (TPSA) is 29.5 Å². The molecule has 0 saturated carbocycles. The van der Waals surface area contributed by atoms with Crippen molar-refractivity contribution in [3.63, 3.8) is 0 Å². The second-order valence-corrected chi connectivity index (χ2v) is 4.25. The molecule has 2 atom stereocenters. The van der Waals surface area contributed by atoms with Crippen molar-refractivity contribution in [2.45, 2.75) is 38.6 Å². The fraction of sp³-hybridized carbons (Fsp3) is 0.909. The molecule has 3 nitrogen and oxygen atoms in total. The Morgan fingerprint density at radius 3 is 2.79 bits per heavy atom. The SMILES string of the molecule is CCOC(=O)[C@@H]1CCCN2CCC[C@H]12. The van der Waals surface area contributed by atoms with Crippen molar-refractivity contribution in [3.05, 3.63) is 0 Å². The lowest BCUT2D eigenvalue weighted by Gasteiger charge is -2.35. The summed E-state index contributed by atoms with van der Waals surface area (Å²) in [6.45, 7) is 4.76. The Labute approximate surface area is 85.4 Å². The number of fused-ring (bicyclic) bond motifs is 1. The van der Waals surface area contributed by atoms with Gasteiger partial charge in [-0.15, -0.1) is 0 Å². The average molecular weight is 197 g/mol. The highest BCUT2D eigenvalue weighted by atomic mass is 16.5. The second-order valence-electron chi connectivity index (χ2n) is 4.25. The van der Waals surface area contributed by atoms with E-state index in [1.165, 1.54) is 25.9 Å². The van der Waals surface area contributed by atoms with Crippen LogP contribution in [0.3, 0.4) is 0 Å². The van der Waals surface area contributed by atoms with Gasteiger partial charge < -0.3 is 4.74 Å². The molecule has 2 fully saturated rings. The predicted octanol–water partition coefficient (Wildman–Crippen LogP) is 1.42. The first-order chi connectivity index (χ1) is 6.83. The van der Waals surface area contributed by atoms with E-state index in [1.807, 2.05) is 6.92 Å². The van der Waals surface area contributed by atoms with Gasteiger partial charge in [0.15, 0.2) is 0 Å². The second kappa shape index (κ2) is 4.30. The molecular weight excluding hydrogens is 178 g/mol. The molecule has 2 rings (SSSR count). The molecule has 14 heavy (non-hydrogen) atoms. The number of carbonyl (C=O) groups excluding carboxylic acids is 1. The molecule has 0 radical (unpaired) electrons. The largest absolute Gasteiger partial charge is 0.466 e. The van der Waals surface area contributed by atoms with Crippen LogP contribution in [0.4, 0.5) is 0 Å². The van der Waals surface area contributed by atoms with E-state index in [4.69, 9.17) is 4.74 Å². The maximum Gasteiger partial charge on any atom is 0.310 e. The lowest BCUT2D eigenvalue weighted by atomic mass is 9.89. The maximum atomic E-state index is 11.7. The Hall–Kier alpha value is -0.570. The zero-order valence-corrected chi connectivity index (χ0v) is 8.87. The van der Waals surface area contributed by atoms with E-state index < -0.39 is 0 Å². The van der Waals surface area contributed by atoms with Crippen LogP contribution < -0.4 is 0 Å². The lowest BCUT2D eigenvalue weighted by Crippen LogP contribution is -2.44. The minimum atomic E-state index is 0.0316. The normalized spacial score (nSPS) is 32.6. The number of ether oxygens (including phenoxy) is 1. The first-order valence-electron chi connectivity index (χ1n) is 5.73. The highest BCUT2D eigenvalue weighted by Crippen LogP contribution is 2.32. The van der Waals surface area contributed by atoms with E-state index >= 15 is 0 Å². The minimum Gasteiger partial charge on any atom is -0.466 e. The summed E-state index contributed by atoms with van der Waals surface area (Å²) in [5.41, 5.74) is 0. The van der Waals surface area contributed by atoms with Crippen LogP contribution in [-0.2, 0) is 9.53 Å². The van der Waals surface area contributed by atoms with E-state index in [0.717, 1.165) is 12.8 Å². The molecule has 0 N–H and O–H groups in total. The molecule has 3 heteroatoms. The van der Waals surface area contributed by atoms with Crippen LogP contribution in [0.15, 0.2) is 0 Å². The van der Waals surface area contributed by atoms with E-state index in [-0.39, 0.29) is 11.9 Å². The zero-order chi connectivity index (χ0) is 9.97. The van der Waals surface area contributed by atoms with Crippen LogP contribution in [0, 0.1) is 5.92 Å². The van der Waals surface area contributed by atoms with E-state index in [9.17, 15) is 4.79 Å². The molecular formula is C11H19NO2. The van der Waals surface area contributed by atoms with Gasteiger partial charge in [-0.05, 0) is 45.7 Å². The monoisotopic (exact) mass is 197 g/mol. The molecule has 0 unspecified atom stereocenters. The zero-order valence-electron chi connectivity index (χ0n) is 8.87. The number of hydrogen-bond donors (Lipinski definition) is 0. The molecule has 0 aliphatic carbocycles. The van der Waals surface area contributed by atoms with Crippen molar-refractivity contribution in [1.29, 1.82) is 0 Å². The summed E-state index contributed by atoms with van der Waals surface area (Å²) in [6, 6.07) is 0.489. The van der Waals surface area contributed by atoms with Gasteiger partial charge >= 0.3 is 5.97 Å². The number of piperidine rings is 1. The maximum absolute atomic E-state index is 11.7. The van der Waals surface area contributed by atoms with E-state index in [1.54, 1.807) is 0 Å². The molecule has 2 aliphatic heterocycles. The summed E-state index contributed by atoms with van der Waals surface area (Å²) in [4.78, 5) is 14.2. The van der Waals surface area contributed by atoms with Gasteiger partial charge in [-0.25, -0.2) is 0 Å². The van der Waals surface area contributed by atoms with Crippen molar-refractivity contribution in [2.24, 2.45) is 5.92 Å². The van der Waals surface area contributed by atoms with Crippen molar-refractivity contribution in [2.75, 3.05) is 19.7 Å². The quantitative estimate of drug-likeness (QED) is 0.627. The van der Waals surface area contributed by atoms with Gasteiger partial charge in [0.2, 0.25) is 0 Å². The summed E-state index contributed by atoms with van der Waals surface area (Å²) in [5, 5.41) is 0. The first-order valence-corrected chi connectivity index (χ1v) is 5.73. The Bertz CT molecular complexity index is 217. The first kappa shape index (κ1) is 9.97. The van der Waals surface area contributed by atoms with Crippen LogP contribution >= 0.6 is 0 Å². The van der Waals surface area contributed by atoms with Gasteiger partial charge in [-0.1, -0.05) is 0 Å². The van der Waals surface area contributed by atoms with E-state index in [2.05, 4.69) is 4.90 Å². The molecule has 2 heterocycles. The molecule has 80 valence electrons. The summed E-state index contributed by atoms with van der Waals surface area (Å²) < 4.78 is 5.12. The fourth-order valence-electron chi connectivity index (χ4n) is 2.82. The van der Waals surface area contributed by atoms with Crippen LogP contribution in [0.25, 0.3) is 0 Å². The Balaban J connectivity index is 1.99. The molecule has 0 aromatic heterocycles. The molecule has 2 aliphatic rings. The van der Waals surface area contributed by atoms with Crippen molar-refractivity contribution >= 4 is 5.97 Å². The average Bonchev–Trinajstić information content (AvgIpc) is 2.65. The predicted molar refractivity (Wildman–Crippen MR) is 54.0 cm³/mol. The Kier molecular flexibility index (Phi) is 3.06. The fourth-order valence-corrected chi connectivity index (χ4v) is 2.82. The smallest absolute Gasteiger partial charge is 0.310 e. The van der Waals surface area contributed by atoms with E-state index in [0.29, 0.717) is 12.6 Å².